The fourth-order valence-electron chi connectivity index (χ4n) is 2.10. The molecule has 1 aliphatic rings. The zero-order valence-corrected chi connectivity index (χ0v) is 12.7. The predicted molar refractivity (Wildman–Crippen MR) is 78.9 cm³/mol. The van der Waals surface area contributed by atoms with E-state index < -0.39 is 28.5 Å². The molecule has 1 heterocycles. The average Bonchev–Trinajstić information content (AvgIpc) is 2.67. The van der Waals surface area contributed by atoms with Gasteiger partial charge in [-0.15, -0.1) is 0 Å². The number of carbonyl (C=O) groups excluding carboxylic acids is 2. The molecule has 0 bridgehead atoms. The number of nitro groups is 1. The molecule has 23 heavy (non-hydrogen) atoms. The summed E-state index contributed by atoms with van der Waals surface area (Å²) in [6.07, 6.45) is -1.08. The summed E-state index contributed by atoms with van der Waals surface area (Å²) in [5.41, 5.74) is -1.06. The molecule has 0 saturated carbocycles. The first-order chi connectivity index (χ1) is 10.7. The highest BCUT2D eigenvalue weighted by molar-refractivity contribution is 6.06. The standard InChI is InChI=1S/C14H17N3O6/c1-14(2)12(19)16(13(20)15-14)7-10(18)8-23-11-5-3-9(4-6-11)17(21)22/h3-6,10,18H,7-8H2,1-2H3,(H,15,20)/t10-/m0/s1. The molecule has 3 amide bonds. The largest absolute Gasteiger partial charge is 0.491 e. The van der Waals surface area contributed by atoms with E-state index in [0.29, 0.717) is 5.75 Å². The molecule has 0 unspecified atom stereocenters. The molecule has 1 aromatic rings. The number of carbonyl (C=O) groups is 2. The van der Waals surface area contributed by atoms with Gasteiger partial charge in [-0.25, -0.2) is 4.79 Å². The van der Waals surface area contributed by atoms with E-state index in [1.807, 2.05) is 0 Å². The van der Waals surface area contributed by atoms with Crippen LogP contribution in [0.4, 0.5) is 10.5 Å². The zero-order valence-electron chi connectivity index (χ0n) is 12.7. The maximum Gasteiger partial charge on any atom is 0.325 e. The molecule has 9 nitrogen and oxygen atoms in total. The normalized spacial score (nSPS) is 17.8. The minimum atomic E-state index is -1.08. The van der Waals surface area contributed by atoms with E-state index >= 15 is 0 Å². The Kier molecular flexibility index (Phi) is 4.50. The minimum Gasteiger partial charge on any atom is -0.491 e. The van der Waals surface area contributed by atoms with Crippen LogP contribution in [0.2, 0.25) is 0 Å². The number of imide groups is 1. The summed E-state index contributed by atoms with van der Waals surface area (Å²) in [6.45, 7) is 2.80. The summed E-state index contributed by atoms with van der Waals surface area (Å²) < 4.78 is 5.29. The van der Waals surface area contributed by atoms with Gasteiger partial charge in [0, 0.05) is 12.1 Å². The van der Waals surface area contributed by atoms with Gasteiger partial charge in [0.1, 0.15) is 24.0 Å². The fraction of sp³-hybridized carbons (Fsp3) is 0.429. The van der Waals surface area contributed by atoms with Crippen LogP contribution in [-0.2, 0) is 4.79 Å². The second-order valence-electron chi connectivity index (χ2n) is 5.69. The Bertz CT molecular complexity index is 628. The zero-order chi connectivity index (χ0) is 17.2. The highest BCUT2D eigenvalue weighted by Gasteiger charge is 2.44. The van der Waals surface area contributed by atoms with Gasteiger partial charge in [-0.2, -0.15) is 0 Å². The molecule has 2 N–H and O–H groups in total. The molecule has 1 atom stereocenters. The summed E-state index contributed by atoms with van der Waals surface area (Å²) in [4.78, 5) is 34.6. The SMILES string of the molecule is CC1(C)NC(=O)N(C[C@H](O)COc2ccc([N+](=O)[O-])cc2)C1=O. The summed E-state index contributed by atoms with van der Waals surface area (Å²) >= 11 is 0. The van der Waals surface area contributed by atoms with Crippen molar-refractivity contribution in [3.05, 3.63) is 34.4 Å². The molecule has 0 radical (unpaired) electrons. The fourth-order valence-corrected chi connectivity index (χ4v) is 2.10. The van der Waals surface area contributed by atoms with Crippen LogP contribution in [0.1, 0.15) is 13.8 Å². The number of rotatable bonds is 6. The van der Waals surface area contributed by atoms with Crippen molar-refractivity contribution in [1.29, 1.82) is 0 Å². The molecule has 124 valence electrons. The van der Waals surface area contributed by atoms with Crippen molar-refractivity contribution < 1.29 is 24.4 Å². The first-order valence-electron chi connectivity index (χ1n) is 6.90. The number of aliphatic hydroxyl groups excluding tert-OH is 1. The van der Waals surface area contributed by atoms with Crippen molar-refractivity contribution in [2.75, 3.05) is 13.2 Å². The number of urea groups is 1. The Morgan fingerprint density at radius 1 is 1.35 bits per heavy atom. The summed E-state index contributed by atoms with van der Waals surface area (Å²) in [6, 6.07) is 4.81. The molecule has 9 heteroatoms. The van der Waals surface area contributed by atoms with E-state index in [0.717, 1.165) is 4.90 Å². The average molecular weight is 323 g/mol. The Hall–Kier alpha value is -2.68. The topological polar surface area (TPSA) is 122 Å². The number of nitro benzene ring substituents is 1. The summed E-state index contributed by atoms with van der Waals surface area (Å²) in [5.74, 6) is -0.0796. The van der Waals surface area contributed by atoms with E-state index in [1.54, 1.807) is 13.8 Å². The van der Waals surface area contributed by atoms with Gasteiger partial charge in [0.25, 0.3) is 11.6 Å². The van der Waals surface area contributed by atoms with Gasteiger partial charge in [0.05, 0.1) is 11.5 Å². The number of hydrogen-bond donors (Lipinski definition) is 2. The van der Waals surface area contributed by atoms with E-state index in [4.69, 9.17) is 4.74 Å². The highest BCUT2D eigenvalue weighted by atomic mass is 16.6. The number of amides is 3. The molecular weight excluding hydrogens is 306 g/mol. The van der Waals surface area contributed by atoms with Crippen molar-refractivity contribution in [3.8, 4) is 5.75 Å². The van der Waals surface area contributed by atoms with Crippen LogP contribution >= 0.6 is 0 Å². The first-order valence-corrected chi connectivity index (χ1v) is 6.90. The first kappa shape index (κ1) is 16.7. The third-order valence-corrected chi connectivity index (χ3v) is 3.33. The van der Waals surface area contributed by atoms with Crippen LogP contribution in [-0.4, -0.2) is 51.7 Å². The van der Waals surface area contributed by atoms with Crippen LogP contribution in [0.15, 0.2) is 24.3 Å². The van der Waals surface area contributed by atoms with Crippen molar-refractivity contribution in [1.82, 2.24) is 10.2 Å². The maximum absolute atomic E-state index is 12.0. The van der Waals surface area contributed by atoms with Gasteiger partial charge in [0.15, 0.2) is 0 Å². The summed E-state index contributed by atoms with van der Waals surface area (Å²) in [5, 5.41) is 23.0. The number of nitrogens with one attached hydrogen (secondary N) is 1. The smallest absolute Gasteiger partial charge is 0.325 e. The number of hydrogen-bond acceptors (Lipinski definition) is 6. The number of ether oxygens (including phenoxy) is 1. The Morgan fingerprint density at radius 2 is 1.96 bits per heavy atom. The number of benzene rings is 1. The van der Waals surface area contributed by atoms with E-state index in [1.165, 1.54) is 24.3 Å². The predicted octanol–water partition coefficient (Wildman–Crippen LogP) is 0.665. The second kappa shape index (κ2) is 6.21. The number of nitrogens with zero attached hydrogens (tertiary/aromatic N) is 2. The van der Waals surface area contributed by atoms with Crippen LogP contribution < -0.4 is 10.1 Å². The Balaban J connectivity index is 1.88. The van der Waals surface area contributed by atoms with Crippen LogP contribution in [0, 0.1) is 10.1 Å². The van der Waals surface area contributed by atoms with Gasteiger partial charge in [-0.1, -0.05) is 0 Å². The second-order valence-corrected chi connectivity index (χ2v) is 5.69. The molecule has 0 aliphatic carbocycles. The van der Waals surface area contributed by atoms with Crippen LogP contribution in [0.5, 0.6) is 5.75 Å². The molecule has 1 aliphatic heterocycles. The monoisotopic (exact) mass is 323 g/mol. The van der Waals surface area contributed by atoms with E-state index in [9.17, 15) is 24.8 Å². The van der Waals surface area contributed by atoms with Gasteiger partial charge in [-0.05, 0) is 26.0 Å². The highest BCUT2D eigenvalue weighted by Crippen LogP contribution is 2.19. The molecular formula is C14H17N3O6. The van der Waals surface area contributed by atoms with Gasteiger partial charge in [-0.3, -0.25) is 19.8 Å². The maximum atomic E-state index is 12.0. The third kappa shape index (κ3) is 3.75. The molecule has 1 aromatic carbocycles. The van der Waals surface area contributed by atoms with E-state index in [2.05, 4.69) is 5.32 Å². The van der Waals surface area contributed by atoms with Crippen molar-refractivity contribution in [2.24, 2.45) is 0 Å². The van der Waals surface area contributed by atoms with Crippen molar-refractivity contribution >= 4 is 17.6 Å². The Morgan fingerprint density at radius 3 is 2.43 bits per heavy atom. The quantitative estimate of drug-likeness (QED) is 0.450. The lowest BCUT2D eigenvalue weighted by Gasteiger charge is -2.19. The van der Waals surface area contributed by atoms with Crippen LogP contribution in [0.3, 0.4) is 0 Å². The van der Waals surface area contributed by atoms with Crippen LogP contribution in [0.25, 0.3) is 0 Å². The van der Waals surface area contributed by atoms with Gasteiger partial charge in [0.2, 0.25) is 0 Å². The Labute approximate surface area is 132 Å². The molecule has 1 fully saturated rings. The molecule has 0 aromatic heterocycles. The minimum absolute atomic E-state index is 0.0699. The van der Waals surface area contributed by atoms with E-state index in [-0.39, 0.29) is 18.8 Å². The third-order valence-electron chi connectivity index (χ3n) is 3.33. The number of β-amino-alcohol motifs (C(OH)–C–C–N with tert-alkyl or cyclic N) is 1. The number of aliphatic hydroxyl groups is 1. The van der Waals surface area contributed by atoms with Crippen molar-refractivity contribution in [3.63, 3.8) is 0 Å². The van der Waals surface area contributed by atoms with Crippen molar-refractivity contribution in [2.45, 2.75) is 25.5 Å². The van der Waals surface area contributed by atoms with Gasteiger partial charge >= 0.3 is 6.03 Å². The van der Waals surface area contributed by atoms with Gasteiger partial charge < -0.3 is 15.2 Å². The lowest BCUT2D eigenvalue weighted by molar-refractivity contribution is -0.384. The number of non-ortho nitro benzene ring substituents is 1. The molecule has 0 spiro atoms. The molecule has 2 rings (SSSR count). The summed E-state index contributed by atoms with van der Waals surface area (Å²) in [7, 11) is 0. The molecule has 1 saturated heterocycles. The lowest BCUT2D eigenvalue weighted by atomic mass is 10.1. The lowest BCUT2D eigenvalue weighted by Crippen LogP contribution is -2.42.